The summed E-state index contributed by atoms with van der Waals surface area (Å²) in [5.74, 6) is -0.448. The number of hydrogen-bond acceptors (Lipinski definition) is 5. The van der Waals surface area contributed by atoms with E-state index >= 15 is 0 Å². The number of anilines is 1. The Balaban J connectivity index is 1.77. The molecule has 1 aliphatic heterocycles. The summed E-state index contributed by atoms with van der Waals surface area (Å²) in [6.45, 7) is 2.85. The fourth-order valence-corrected chi connectivity index (χ4v) is 3.55. The summed E-state index contributed by atoms with van der Waals surface area (Å²) in [4.78, 5) is 11.8. The molecule has 116 valence electrons. The summed E-state index contributed by atoms with van der Waals surface area (Å²) in [6.07, 6.45) is 8.35. The molecule has 2 N–H and O–H groups in total. The predicted molar refractivity (Wildman–Crippen MR) is 78.0 cm³/mol. The molecule has 1 saturated heterocycles. The molecule has 1 aromatic heterocycles. The van der Waals surface area contributed by atoms with E-state index in [-0.39, 0.29) is 17.3 Å². The van der Waals surface area contributed by atoms with Crippen molar-refractivity contribution >= 4 is 11.7 Å². The van der Waals surface area contributed by atoms with E-state index in [1.54, 1.807) is 13.1 Å². The molecule has 0 aromatic carbocycles. The number of nitrogen functional groups attached to an aromatic ring is 1. The Labute approximate surface area is 124 Å². The third kappa shape index (κ3) is 2.77. The van der Waals surface area contributed by atoms with Gasteiger partial charge in [-0.15, -0.1) is 0 Å². The summed E-state index contributed by atoms with van der Waals surface area (Å²) in [5.41, 5.74) is 6.55. The number of nitrogens with zero attached hydrogens (tertiary/aromatic N) is 2. The summed E-state index contributed by atoms with van der Waals surface area (Å²) >= 11 is 0. The zero-order valence-corrected chi connectivity index (χ0v) is 12.5. The molecule has 0 radical (unpaired) electrons. The van der Waals surface area contributed by atoms with Crippen LogP contribution in [0.5, 0.6) is 0 Å². The van der Waals surface area contributed by atoms with Gasteiger partial charge in [0.2, 0.25) is 0 Å². The highest BCUT2D eigenvalue weighted by molar-refractivity contribution is 5.92. The number of esters is 1. The zero-order valence-electron chi connectivity index (χ0n) is 12.5. The van der Waals surface area contributed by atoms with Gasteiger partial charge in [0.15, 0.2) is 5.69 Å². The van der Waals surface area contributed by atoms with E-state index in [4.69, 9.17) is 15.2 Å². The normalized spacial score (nSPS) is 24.3. The number of aromatic nitrogens is 2. The zero-order chi connectivity index (χ0) is 14.9. The van der Waals surface area contributed by atoms with Crippen molar-refractivity contribution in [1.82, 2.24) is 9.78 Å². The molecule has 2 heterocycles. The topological polar surface area (TPSA) is 79.4 Å². The second-order valence-corrected chi connectivity index (χ2v) is 6.02. The van der Waals surface area contributed by atoms with Crippen LogP contribution in [0.2, 0.25) is 0 Å². The number of nitrogens with two attached hydrogens (primary N) is 1. The predicted octanol–water partition coefficient (Wildman–Crippen LogP) is 2.31. The van der Waals surface area contributed by atoms with E-state index in [0.29, 0.717) is 12.3 Å². The van der Waals surface area contributed by atoms with Crippen LogP contribution in [-0.2, 0) is 9.47 Å². The lowest BCUT2D eigenvalue weighted by Gasteiger charge is -2.38. The monoisotopic (exact) mass is 293 g/mol. The van der Waals surface area contributed by atoms with E-state index in [1.165, 1.54) is 12.8 Å². The van der Waals surface area contributed by atoms with Gasteiger partial charge in [-0.2, -0.15) is 5.10 Å². The molecule has 1 unspecified atom stereocenters. The van der Waals surface area contributed by atoms with Crippen LogP contribution in [0.25, 0.3) is 0 Å². The highest BCUT2D eigenvalue weighted by atomic mass is 16.5. The SMILES string of the molecule is CCOC(=O)c1nn(C2CCOC3(CCCC3)C2)cc1N. The van der Waals surface area contributed by atoms with Gasteiger partial charge >= 0.3 is 5.97 Å². The van der Waals surface area contributed by atoms with Crippen molar-refractivity contribution in [1.29, 1.82) is 0 Å². The van der Waals surface area contributed by atoms with Crippen molar-refractivity contribution < 1.29 is 14.3 Å². The maximum atomic E-state index is 11.8. The lowest BCUT2D eigenvalue weighted by Crippen LogP contribution is -2.38. The molecule has 3 rings (SSSR count). The van der Waals surface area contributed by atoms with E-state index in [1.807, 2.05) is 4.68 Å². The summed E-state index contributed by atoms with van der Waals surface area (Å²) in [7, 11) is 0. The summed E-state index contributed by atoms with van der Waals surface area (Å²) in [5, 5.41) is 4.37. The van der Waals surface area contributed by atoms with Crippen molar-refractivity contribution in [2.24, 2.45) is 0 Å². The van der Waals surface area contributed by atoms with E-state index in [9.17, 15) is 4.79 Å². The fourth-order valence-electron chi connectivity index (χ4n) is 3.55. The van der Waals surface area contributed by atoms with Crippen LogP contribution in [-0.4, -0.2) is 34.6 Å². The second kappa shape index (κ2) is 5.67. The third-order valence-corrected chi connectivity index (χ3v) is 4.58. The first-order valence-electron chi connectivity index (χ1n) is 7.79. The lowest BCUT2D eigenvalue weighted by atomic mass is 9.89. The average Bonchev–Trinajstić information content (AvgIpc) is 3.06. The average molecular weight is 293 g/mol. The van der Waals surface area contributed by atoms with Gasteiger partial charge < -0.3 is 15.2 Å². The van der Waals surface area contributed by atoms with Crippen molar-refractivity contribution in [2.45, 2.75) is 57.1 Å². The quantitative estimate of drug-likeness (QED) is 0.865. The number of carbonyl (C=O) groups is 1. The van der Waals surface area contributed by atoms with Gasteiger partial charge in [-0.1, -0.05) is 12.8 Å². The molecule has 1 atom stereocenters. The molecular weight excluding hydrogens is 270 g/mol. The van der Waals surface area contributed by atoms with Crippen LogP contribution in [0, 0.1) is 0 Å². The van der Waals surface area contributed by atoms with Gasteiger partial charge in [-0.05, 0) is 32.6 Å². The molecule has 1 spiro atoms. The molecule has 0 amide bonds. The smallest absolute Gasteiger partial charge is 0.361 e. The van der Waals surface area contributed by atoms with Crippen molar-refractivity contribution in [3.63, 3.8) is 0 Å². The molecule has 21 heavy (non-hydrogen) atoms. The molecule has 1 aliphatic carbocycles. The van der Waals surface area contributed by atoms with Gasteiger partial charge in [0.25, 0.3) is 0 Å². The Morgan fingerprint density at radius 3 is 3.05 bits per heavy atom. The van der Waals surface area contributed by atoms with Crippen LogP contribution in [0.3, 0.4) is 0 Å². The number of carbonyl (C=O) groups excluding carboxylic acids is 1. The lowest BCUT2D eigenvalue weighted by molar-refractivity contribution is -0.0910. The fraction of sp³-hybridized carbons (Fsp3) is 0.733. The molecule has 1 aromatic rings. The highest BCUT2D eigenvalue weighted by Gasteiger charge is 2.40. The first-order valence-corrected chi connectivity index (χ1v) is 7.79. The van der Waals surface area contributed by atoms with Crippen LogP contribution in [0.1, 0.15) is 62.0 Å². The summed E-state index contributed by atoms with van der Waals surface area (Å²) < 4.78 is 12.9. The maximum absolute atomic E-state index is 11.8. The largest absolute Gasteiger partial charge is 0.461 e. The van der Waals surface area contributed by atoms with Crippen molar-refractivity contribution in [3.05, 3.63) is 11.9 Å². The van der Waals surface area contributed by atoms with E-state index < -0.39 is 5.97 Å². The molecule has 1 saturated carbocycles. The Morgan fingerprint density at radius 1 is 1.57 bits per heavy atom. The van der Waals surface area contributed by atoms with E-state index in [0.717, 1.165) is 32.3 Å². The Bertz CT molecular complexity index is 520. The van der Waals surface area contributed by atoms with Gasteiger partial charge in [0.1, 0.15) is 0 Å². The Morgan fingerprint density at radius 2 is 2.33 bits per heavy atom. The van der Waals surface area contributed by atoms with Gasteiger partial charge in [-0.3, -0.25) is 4.68 Å². The van der Waals surface area contributed by atoms with Gasteiger partial charge in [0.05, 0.1) is 23.9 Å². The van der Waals surface area contributed by atoms with Crippen LogP contribution in [0.4, 0.5) is 5.69 Å². The van der Waals surface area contributed by atoms with Crippen molar-refractivity contribution in [3.8, 4) is 0 Å². The summed E-state index contributed by atoms with van der Waals surface area (Å²) in [6, 6.07) is 0.252. The molecule has 6 nitrogen and oxygen atoms in total. The first kappa shape index (κ1) is 14.4. The number of ether oxygens (including phenoxy) is 2. The minimum absolute atomic E-state index is 0.0215. The number of rotatable bonds is 3. The molecule has 2 fully saturated rings. The Hall–Kier alpha value is -1.56. The molecule has 2 aliphatic rings. The van der Waals surface area contributed by atoms with Crippen molar-refractivity contribution in [2.75, 3.05) is 18.9 Å². The van der Waals surface area contributed by atoms with Crippen LogP contribution >= 0.6 is 0 Å². The number of hydrogen-bond donors (Lipinski definition) is 1. The molecule has 6 heteroatoms. The Kier molecular flexibility index (Phi) is 3.89. The first-order chi connectivity index (χ1) is 10.1. The maximum Gasteiger partial charge on any atom is 0.361 e. The molecule has 0 bridgehead atoms. The minimum Gasteiger partial charge on any atom is -0.461 e. The molecular formula is C15H23N3O3. The standard InChI is InChI=1S/C15H23N3O3/c1-2-20-14(19)13-12(16)10-18(17-13)11-5-8-21-15(9-11)6-3-4-7-15/h10-11H,2-9,16H2,1H3. The second-order valence-electron chi connectivity index (χ2n) is 6.02. The van der Waals surface area contributed by atoms with Gasteiger partial charge in [0, 0.05) is 12.8 Å². The van der Waals surface area contributed by atoms with Gasteiger partial charge in [-0.25, -0.2) is 4.79 Å². The van der Waals surface area contributed by atoms with Crippen LogP contribution < -0.4 is 5.73 Å². The highest BCUT2D eigenvalue weighted by Crippen LogP contribution is 2.43. The van der Waals surface area contributed by atoms with Crippen LogP contribution in [0.15, 0.2) is 6.20 Å². The minimum atomic E-state index is -0.448. The third-order valence-electron chi connectivity index (χ3n) is 4.58. The van der Waals surface area contributed by atoms with E-state index in [2.05, 4.69) is 5.10 Å².